The molecule has 308 valence electrons. The zero-order valence-corrected chi connectivity index (χ0v) is 39.3. The predicted octanol–water partition coefficient (Wildman–Crippen LogP) is 12.4. The lowest BCUT2D eigenvalue weighted by molar-refractivity contribution is -0.136. The monoisotopic (exact) mass is 792 g/mol. The highest BCUT2D eigenvalue weighted by molar-refractivity contribution is 6.78. The molecule has 1 heterocycles. The molecule has 2 aliphatic carbocycles. The number of ether oxygens (including phenoxy) is 1. The van der Waals surface area contributed by atoms with Crippen LogP contribution in [0.4, 0.5) is 4.79 Å². The molecule has 0 radical (unpaired) electrons. The number of rotatable bonds is 14. The Balaban J connectivity index is 1.70. The van der Waals surface area contributed by atoms with Gasteiger partial charge < -0.3 is 14.3 Å². The highest BCUT2D eigenvalue weighted by Crippen LogP contribution is 2.58. The molecule has 1 N–H and O–H groups in total. The van der Waals surface area contributed by atoms with Gasteiger partial charge in [0.25, 0.3) is 8.32 Å². The van der Waals surface area contributed by atoms with Gasteiger partial charge in [0.2, 0.25) is 5.91 Å². The number of nitrogens with zero attached hydrogens (tertiary/aromatic N) is 1. The van der Waals surface area contributed by atoms with Gasteiger partial charge in [-0.15, -0.1) is 0 Å². The number of hydrogen-bond donors (Lipinski definition) is 1. The molecule has 6 nitrogen and oxygen atoms in total. The highest BCUT2D eigenvalue weighted by Gasteiger charge is 2.56. The molecule has 4 rings (SSSR count). The Kier molecular flexibility index (Phi) is 14.8. The number of hydrogen-bond acceptors (Lipinski definition) is 5. The van der Waals surface area contributed by atoms with Crippen LogP contribution in [0.5, 0.6) is 5.75 Å². The average molecular weight is 792 g/mol. The van der Waals surface area contributed by atoms with Gasteiger partial charge in [-0.1, -0.05) is 129 Å². The lowest BCUT2D eigenvalue weighted by Gasteiger charge is -2.54. The van der Waals surface area contributed by atoms with E-state index in [2.05, 4.69) is 145 Å². The van der Waals surface area contributed by atoms with Crippen molar-refractivity contribution in [2.24, 2.45) is 35.0 Å². The van der Waals surface area contributed by atoms with E-state index >= 15 is 0 Å². The second kappa shape index (κ2) is 18.0. The van der Waals surface area contributed by atoms with Crippen LogP contribution >= 0.6 is 0 Å². The molecule has 1 saturated carbocycles. The molecule has 0 spiro atoms. The number of benzene rings is 1. The largest absolute Gasteiger partial charge is 0.543 e. The molecule has 0 bridgehead atoms. The molecule has 2 unspecified atom stereocenters. The van der Waals surface area contributed by atoms with Crippen molar-refractivity contribution in [2.45, 2.75) is 170 Å². The number of fused-ring (bicyclic) bond motifs is 1. The number of amides is 2. The second-order valence-corrected chi connectivity index (χ2v) is 31.2. The average Bonchev–Trinajstić information content (AvgIpc) is 3.40. The molecular formula is C47H77NO5Si2. The van der Waals surface area contributed by atoms with E-state index < -0.39 is 40.5 Å². The van der Waals surface area contributed by atoms with Crippen LogP contribution < -0.4 is 4.43 Å². The SMILES string of the molecule is C/C=C(C)/C=C(\C)[C@@H]1C(C)=C[C@]2(C)C[C@H](C)CC[C@H]2[C@@H]1C(O)C1C[C@H](Cc2ccc(O[Si](C(C)C)(C(C)C)C(C)C)cc2)N(C(=O)OCC[Si](C)(C)C)C1=O. The summed E-state index contributed by atoms with van der Waals surface area (Å²) in [6.45, 7) is 34.1. The molecular weight excluding hydrogens is 715 g/mol. The van der Waals surface area contributed by atoms with Crippen molar-refractivity contribution in [1.29, 1.82) is 0 Å². The van der Waals surface area contributed by atoms with Crippen molar-refractivity contribution in [1.82, 2.24) is 4.90 Å². The number of aliphatic hydroxyl groups is 1. The van der Waals surface area contributed by atoms with Crippen LogP contribution in [0.3, 0.4) is 0 Å². The van der Waals surface area contributed by atoms with E-state index in [9.17, 15) is 14.7 Å². The maximum absolute atomic E-state index is 14.7. The van der Waals surface area contributed by atoms with E-state index in [1.807, 2.05) is 0 Å². The van der Waals surface area contributed by atoms with Gasteiger partial charge in [-0.3, -0.25) is 4.79 Å². The maximum Gasteiger partial charge on any atom is 0.416 e. The van der Waals surface area contributed by atoms with E-state index in [1.54, 1.807) is 0 Å². The van der Waals surface area contributed by atoms with Crippen molar-refractivity contribution >= 4 is 28.4 Å². The molecule has 0 aromatic heterocycles. The van der Waals surface area contributed by atoms with Gasteiger partial charge >= 0.3 is 6.09 Å². The number of aliphatic hydroxyl groups excluding tert-OH is 1. The lowest BCUT2D eigenvalue weighted by atomic mass is 9.51. The van der Waals surface area contributed by atoms with Crippen molar-refractivity contribution in [3.05, 3.63) is 64.8 Å². The fourth-order valence-electron chi connectivity index (χ4n) is 11.2. The first-order chi connectivity index (χ1) is 25.6. The highest BCUT2D eigenvalue weighted by atomic mass is 28.4. The topological polar surface area (TPSA) is 76.1 Å². The summed E-state index contributed by atoms with van der Waals surface area (Å²) >= 11 is 0. The molecule has 1 aliphatic heterocycles. The van der Waals surface area contributed by atoms with Gasteiger partial charge in [0.15, 0.2) is 0 Å². The summed E-state index contributed by atoms with van der Waals surface area (Å²) in [4.78, 5) is 30.0. The molecule has 1 aromatic rings. The first-order valence-electron chi connectivity index (χ1n) is 21.5. The quantitative estimate of drug-likeness (QED) is 0.115. The van der Waals surface area contributed by atoms with Crippen LogP contribution in [0.2, 0.25) is 42.3 Å². The Bertz CT molecular complexity index is 1560. The second-order valence-electron chi connectivity index (χ2n) is 20.3. The van der Waals surface area contributed by atoms with E-state index in [-0.39, 0.29) is 29.1 Å². The van der Waals surface area contributed by atoms with E-state index in [4.69, 9.17) is 9.16 Å². The molecule has 1 aromatic carbocycles. The van der Waals surface area contributed by atoms with Gasteiger partial charge in [0.05, 0.1) is 18.6 Å². The smallest absolute Gasteiger partial charge is 0.416 e. The minimum absolute atomic E-state index is 0.0195. The van der Waals surface area contributed by atoms with E-state index in [0.717, 1.165) is 36.6 Å². The van der Waals surface area contributed by atoms with Gasteiger partial charge in [0, 0.05) is 20.0 Å². The minimum atomic E-state index is -2.12. The Labute approximate surface area is 337 Å². The Morgan fingerprint density at radius 2 is 1.62 bits per heavy atom. The third kappa shape index (κ3) is 10.0. The molecule has 55 heavy (non-hydrogen) atoms. The fraction of sp³-hybridized carbons (Fsp3) is 0.702. The van der Waals surface area contributed by atoms with Crippen molar-refractivity contribution < 1.29 is 23.9 Å². The summed E-state index contributed by atoms with van der Waals surface area (Å²) < 4.78 is 12.8. The van der Waals surface area contributed by atoms with Crippen molar-refractivity contribution in [2.75, 3.05) is 6.61 Å². The maximum atomic E-state index is 14.7. The van der Waals surface area contributed by atoms with Gasteiger partial charge in [-0.2, -0.15) is 0 Å². The van der Waals surface area contributed by atoms with Crippen LogP contribution in [0.15, 0.2) is 59.2 Å². The summed E-state index contributed by atoms with van der Waals surface area (Å²) in [6, 6.07) is 8.74. The van der Waals surface area contributed by atoms with Crippen LogP contribution in [0.25, 0.3) is 0 Å². The number of carbonyl (C=O) groups is 2. The summed E-state index contributed by atoms with van der Waals surface area (Å²) in [5.74, 6) is 0.631. The molecule has 3 aliphatic rings. The molecule has 2 fully saturated rings. The van der Waals surface area contributed by atoms with E-state index in [0.29, 0.717) is 42.0 Å². The first kappa shape index (κ1) is 45.3. The molecule has 1 saturated heterocycles. The fourth-order valence-corrected chi connectivity index (χ4v) is 17.2. The first-order valence-corrected chi connectivity index (χ1v) is 27.4. The summed E-state index contributed by atoms with van der Waals surface area (Å²) in [6.07, 6.45) is 9.53. The Morgan fingerprint density at radius 3 is 2.16 bits per heavy atom. The normalized spacial score (nSPS) is 28.8. The third-order valence-electron chi connectivity index (χ3n) is 13.8. The van der Waals surface area contributed by atoms with Crippen LogP contribution in [-0.4, -0.2) is 57.2 Å². The van der Waals surface area contributed by atoms with Crippen LogP contribution in [0.1, 0.15) is 114 Å². The predicted molar refractivity (Wildman–Crippen MR) is 235 cm³/mol. The molecule has 2 amide bonds. The Hall–Kier alpha value is -2.43. The van der Waals surface area contributed by atoms with Crippen molar-refractivity contribution in [3.63, 3.8) is 0 Å². The number of likely N-dealkylation sites (tertiary alicyclic amines) is 1. The summed E-state index contributed by atoms with van der Waals surface area (Å²) in [5, 5.41) is 12.8. The summed E-state index contributed by atoms with van der Waals surface area (Å²) in [7, 11) is -3.59. The number of imide groups is 1. The van der Waals surface area contributed by atoms with Gasteiger partial charge in [0.1, 0.15) is 5.75 Å². The lowest BCUT2D eigenvalue weighted by Crippen LogP contribution is -2.51. The molecule has 8 heteroatoms. The van der Waals surface area contributed by atoms with Gasteiger partial charge in [-0.25, -0.2) is 9.69 Å². The number of allylic oxidation sites excluding steroid dienone is 6. The summed E-state index contributed by atoms with van der Waals surface area (Å²) in [5.41, 5.74) is 6.06. The molecule has 8 atom stereocenters. The third-order valence-corrected chi connectivity index (χ3v) is 21.5. The van der Waals surface area contributed by atoms with Crippen molar-refractivity contribution in [3.8, 4) is 5.75 Å². The van der Waals surface area contributed by atoms with E-state index in [1.165, 1.54) is 21.6 Å². The van der Waals surface area contributed by atoms with Gasteiger partial charge in [-0.05, 0) is 117 Å². The Morgan fingerprint density at radius 1 is 1.02 bits per heavy atom. The zero-order valence-electron chi connectivity index (χ0n) is 37.3. The zero-order chi connectivity index (χ0) is 41.2. The minimum Gasteiger partial charge on any atom is -0.543 e. The van der Waals surface area contributed by atoms with Crippen LogP contribution in [-0.2, 0) is 16.0 Å². The number of carbonyl (C=O) groups excluding carboxylic acids is 2. The van der Waals surface area contributed by atoms with Crippen LogP contribution in [0, 0.1) is 35.0 Å². The standard InChI is InChI=1S/C47H77NO5Si2/c1-16-33(8)25-35(10)42-36(11)29-47(12)28-34(9)17-22-41(47)43(42)44(49)40-27-38(48(45(40)50)46(51)52-23-24-54(13,14)15)26-37-18-20-39(21-19-37)53-55(30(2)3,31(4)5)32(6)7/h16,18-21,25,29-32,34,38,40-44,49H,17,22-24,26-28H2,1-15H3/b33-16+,35-25+/t34-,38+,40?,41+,42-,43+,44?,47+/m1/s1.